The quantitative estimate of drug-likeness (QED) is 0.496. The van der Waals surface area contributed by atoms with Crippen LogP contribution in [0.3, 0.4) is 0 Å². The summed E-state index contributed by atoms with van der Waals surface area (Å²) in [5, 5.41) is 7.51. The molecule has 1 aliphatic carbocycles. The first kappa shape index (κ1) is 24.8. The van der Waals surface area contributed by atoms with Gasteiger partial charge in [0.2, 0.25) is 0 Å². The monoisotopic (exact) mass is 518 g/mol. The van der Waals surface area contributed by atoms with Crippen molar-refractivity contribution in [2.45, 2.75) is 37.8 Å². The third-order valence-corrected chi connectivity index (χ3v) is 6.46. The summed E-state index contributed by atoms with van der Waals surface area (Å²) in [6.45, 7) is -0.221. The molecular weight excluding hydrogens is 498 g/mol. The summed E-state index contributed by atoms with van der Waals surface area (Å²) in [5.74, 6) is 0.533. The van der Waals surface area contributed by atoms with E-state index in [0.717, 1.165) is 25.7 Å². The fraction of sp³-hybridized carbons (Fsp3) is 0.364. The third-order valence-electron chi connectivity index (χ3n) is 4.98. The Bertz CT molecular complexity index is 887. The van der Waals surface area contributed by atoms with Crippen LogP contribution in [0.4, 0.5) is 0 Å². The molecule has 10 heteroatoms. The lowest BCUT2D eigenvalue weighted by Gasteiger charge is -2.29. The van der Waals surface area contributed by atoms with Crippen LogP contribution in [-0.2, 0) is 9.59 Å². The van der Waals surface area contributed by atoms with Gasteiger partial charge in [-0.25, -0.2) is 0 Å². The van der Waals surface area contributed by atoms with Crippen LogP contribution in [0.2, 0.25) is 20.1 Å². The van der Waals surface area contributed by atoms with E-state index in [4.69, 9.17) is 55.9 Å². The molecule has 0 saturated heterocycles. The van der Waals surface area contributed by atoms with Gasteiger partial charge in [-0.15, -0.1) is 0 Å². The summed E-state index contributed by atoms with van der Waals surface area (Å²) < 4.78 is 10.9. The van der Waals surface area contributed by atoms with Crippen LogP contribution in [0.5, 0.6) is 11.5 Å². The molecule has 0 bridgehead atoms. The van der Waals surface area contributed by atoms with Gasteiger partial charge in [-0.3, -0.25) is 9.59 Å². The van der Waals surface area contributed by atoms with Crippen molar-refractivity contribution < 1.29 is 19.1 Å². The lowest BCUT2D eigenvalue weighted by molar-refractivity contribution is -0.125. The molecule has 0 aliphatic heterocycles. The number of hydrogen-bond acceptors (Lipinski definition) is 4. The van der Waals surface area contributed by atoms with Gasteiger partial charge in [0.1, 0.15) is 11.5 Å². The number of benzene rings is 2. The maximum atomic E-state index is 12.2. The Kier molecular flexibility index (Phi) is 9.17. The van der Waals surface area contributed by atoms with E-state index in [1.807, 2.05) is 0 Å². The van der Waals surface area contributed by atoms with Gasteiger partial charge in [-0.2, -0.15) is 0 Å². The second-order valence-corrected chi connectivity index (χ2v) is 9.04. The lowest BCUT2D eigenvalue weighted by atomic mass is 9.91. The first-order valence-electron chi connectivity index (χ1n) is 10.0. The minimum atomic E-state index is -0.210. The van der Waals surface area contributed by atoms with Crippen molar-refractivity contribution in [2.75, 3.05) is 13.2 Å². The highest BCUT2D eigenvalue weighted by molar-refractivity contribution is 6.42. The first-order valence-corrected chi connectivity index (χ1v) is 11.6. The van der Waals surface area contributed by atoms with E-state index in [1.54, 1.807) is 36.4 Å². The molecule has 3 rings (SSSR count). The number of halogens is 4. The molecule has 0 radical (unpaired) electrons. The summed E-state index contributed by atoms with van der Waals surface area (Å²) in [4.78, 5) is 24.3. The molecule has 2 aromatic carbocycles. The van der Waals surface area contributed by atoms with E-state index in [2.05, 4.69) is 10.6 Å². The molecule has 32 heavy (non-hydrogen) atoms. The smallest absolute Gasteiger partial charge is 0.258 e. The molecule has 1 aliphatic rings. The van der Waals surface area contributed by atoms with E-state index >= 15 is 0 Å². The summed E-state index contributed by atoms with van der Waals surface area (Å²) >= 11 is 23.6. The van der Waals surface area contributed by atoms with Gasteiger partial charge < -0.3 is 20.1 Å². The summed E-state index contributed by atoms with van der Waals surface area (Å²) in [6, 6.07) is 9.75. The highest BCUT2D eigenvalue weighted by Crippen LogP contribution is 2.27. The number of amides is 2. The zero-order chi connectivity index (χ0) is 23.1. The summed E-state index contributed by atoms with van der Waals surface area (Å²) in [5.41, 5.74) is 0. The molecule has 0 spiro atoms. The van der Waals surface area contributed by atoms with E-state index in [0.29, 0.717) is 31.6 Å². The number of carbonyl (C=O) groups excluding carboxylic acids is 2. The molecular formula is C22H22Cl4N2O4. The predicted molar refractivity (Wildman–Crippen MR) is 126 cm³/mol. The third kappa shape index (κ3) is 7.62. The standard InChI is InChI=1S/C22H22Cl4N2O4/c23-17-7-5-15(9-19(17)25)31-11-21(29)27-13-1-2-14(4-3-13)28-22(30)12-32-16-6-8-18(24)20(26)10-16/h5-10,13-14H,1-4,11-12H2,(H,27,29)(H,28,30)/t13-,14-. The first-order chi connectivity index (χ1) is 15.3. The Morgan fingerprint density at radius 1 is 0.688 bits per heavy atom. The van der Waals surface area contributed by atoms with Crippen molar-refractivity contribution >= 4 is 58.2 Å². The van der Waals surface area contributed by atoms with Gasteiger partial charge >= 0.3 is 0 Å². The maximum absolute atomic E-state index is 12.2. The number of hydrogen-bond donors (Lipinski definition) is 2. The Labute approximate surface area is 206 Å². The van der Waals surface area contributed by atoms with Crippen molar-refractivity contribution in [3.63, 3.8) is 0 Å². The highest BCUT2D eigenvalue weighted by atomic mass is 35.5. The predicted octanol–water partition coefficient (Wildman–Crippen LogP) is 5.30. The van der Waals surface area contributed by atoms with Gasteiger partial charge in [-0.1, -0.05) is 46.4 Å². The Morgan fingerprint density at radius 3 is 1.41 bits per heavy atom. The molecule has 2 amide bonds. The minimum absolute atomic E-state index is 0.0421. The number of nitrogens with one attached hydrogen (secondary N) is 2. The second-order valence-electron chi connectivity index (χ2n) is 7.41. The zero-order valence-corrected chi connectivity index (χ0v) is 20.0. The van der Waals surface area contributed by atoms with Crippen LogP contribution in [-0.4, -0.2) is 37.1 Å². The fourth-order valence-electron chi connectivity index (χ4n) is 3.35. The topological polar surface area (TPSA) is 76.7 Å². The molecule has 0 aromatic heterocycles. The fourth-order valence-corrected chi connectivity index (χ4v) is 3.93. The van der Waals surface area contributed by atoms with Crippen molar-refractivity contribution in [3.8, 4) is 11.5 Å². The van der Waals surface area contributed by atoms with Crippen molar-refractivity contribution in [3.05, 3.63) is 56.5 Å². The summed E-state index contributed by atoms with van der Waals surface area (Å²) in [6.07, 6.45) is 3.04. The zero-order valence-electron chi connectivity index (χ0n) is 17.0. The van der Waals surface area contributed by atoms with Gasteiger partial charge in [0.15, 0.2) is 13.2 Å². The van der Waals surface area contributed by atoms with Crippen molar-refractivity contribution in [1.29, 1.82) is 0 Å². The van der Waals surface area contributed by atoms with E-state index in [-0.39, 0.29) is 37.1 Å². The maximum Gasteiger partial charge on any atom is 0.258 e. The van der Waals surface area contributed by atoms with Crippen LogP contribution >= 0.6 is 46.4 Å². The molecule has 1 saturated carbocycles. The molecule has 6 nitrogen and oxygen atoms in total. The van der Waals surface area contributed by atoms with E-state index in [9.17, 15) is 9.59 Å². The van der Waals surface area contributed by atoms with Gasteiger partial charge in [0, 0.05) is 24.2 Å². The number of carbonyl (C=O) groups is 2. The van der Waals surface area contributed by atoms with Crippen LogP contribution in [0.15, 0.2) is 36.4 Å². The number of rotatable bonds is 8. The Balaban J connectivity index is 1.33. The summed E-state index contributed by atoms with van der Waals surface area (Å²) in [7, 11) is 0. The largest absolute Gasteiger partial charge is 0.484 e. The van der Waals surface area contributed by atoms with E-state index in [1.165, 1.54) is 0 Å². The van der Waals surface area contributed by atoms with Crippen LogP contribution in [0.1, 0.15) is 25.7 Å². The van der Waals surface area contributed by atoms with E-state index < -0.39 is 0 Å². The SMILES string of the molecule is O=C(COc1ccc(Cl)c(Cl)c1)N[C@H]1CC[C@H](NC(=O)COc2ccc(Cl)c(Cl)c2)CC1. The molecule has 2 N–H and O–H groups in total. The molecule has 1 fully saturated rings. The number of ether oxygens (including phenoxy) is 2. The van der Waals surface area contributed by atoms with Gasteiger partial charge in [0.05, 0.1) is 20.1 Å². The van der Waals surface area contributed by atoms with Crippen molar-refractivity contribution in [1.82, 2.24) is 10.6 Å². The molecule has 172 valence electrons. The molecule has 0 unspecified atom stereocenters. The highest BCUT2D eigenvalue weighted by Gasteiger charge is 2.23. The Morgan fingerprint density at radius 2 is 1.06 bits per heavy atom. The second kappa shape index (κ2) is 11.8. The van der Waals surface area contributed by atoms with Crippen LogP contribution in [0, 0.1) is 0 Å². The normalized spacial score (nSPS) is 18.0. The average Bonchev–Trinajstić information content (AvgIpc) is 2.77. The van der Waals surface area contributed by atoms with Crippen LogP contribution < -0.4 is 20.1 Å². The molecule has 0 atom stereocenters. The average molecular weight is 520 g/mol. The van der Waals surface area contributed by atoms with Crippen molar-refractivity contribution in [2.24, 2.45) is 0 Å². The van der Waals surface area contributed by atoms with Gasteiger partial charge in [-0.05, 0) is 49.9 Å². The van der Waals surface area contributed by atoms with Gasteiger partial charge in [0.25, 0.3) is 11.8 Å². The van der Waals surface area contributed by atoms with Crippen LogP contribution in [0.25, 0.3) is 0 Å². The lowest BCUT2D eigenvalue weighted by Crippen LogP contribution is -2.45. The minimum Gasteiger partial charge on any atom is -0.484 e. The molecule has 2 aromatic rings. The molecule has 0 heterocycles. The Hall–Kier alpha value is -1.86.